The van der Waals surface area contributed by atoms with Crippen LogP contribution >= 0.6 is 0 Å². The van der Waals surface area contributed by atoms with E-state index in [2.05, 4.69) is 28.8 Å². The van der Waals surface area contributed by atoms with Gasteiger partial charge in [0.2, 0.25) is 15.9 Å². The third-order valence-electron chi connectivity index (χ3n) is 11.4. The summed E-state index contributed by atoms with van der Waals surface area (Å²) in [7, 11) is -3.98. The first-order valence-electron chi connectivity index (χ1n) is 22.4. The average Bonchev–Trinajstić information content (AvgIpc) is 3.26. The number of rotatable bonds is 26. The van der Waals surface area contributed by atoms with E-state index in [-0.39, 0.29) is 30.1 Å². The van der Waals surface area contributed by atoms with E-state index in [1.807, 2.05) is 85.8 Å². The number of nitrogens with zero attached hydrogens (tertiary/aromatic N) is 1. The second-order valence-corrected chi connectivity index (χ2v) is 18.2. The van der Waals surface area contributed by atoms with E-state index in [1.165, 1.54) is 77.0 Å². The lowest BCUT2D eigenvalue weighted by Crippen LogP contribution is -2.45. The number of nitrogens with one attached hydrogen (secondary N) is 2. The van der Waals surface area contributed by atoms with Crippen LogP contribution in [0.4, 0.5) is 5.69 Å². The molecule has 0 bridgehead atoms. The van der Waals surface area contributed by atoms with E-state index in [9.17, 15) is 18.3 Å². The van der Waals surface area contributed by atoms with E-state index in [0.717, 1.165) is 47.5 Å². The topological polar surface area (TPSA) is 117 Å². The summed E-state index contributed by atoms with van der Waals surface area (Å²) in [4.78, 5) is 16.5. The highest BCUT2D eigenvalue weighted by Gasteiger charge is 2.33. The van der Waals surface area contributed by atoms with Crippen molar-refractivity contribution in [2.24, 2.45) is 0 Å². The Morgan fingerprint density at radius 3 is 1.90 bits per heavy atom. The normalized spacial score (nSPS) is 17.4. The maximum Gasteiger partial charge on any atom is 0.242 e. The van der Waals surface area contributed by atoms with E-state index < -0.39 is 28.3 Å². The minimum atomic E-state index is -3.98. The highest BCUT2D eigenvalue weighted by Crippen LogP contribution is 2.38. The summed E-state index contributed by atoms with van der Waals surface area (Å²) in [5.74, 6) is -0.463. The predicted octanol–water partition coefficient (Wildman–Crippen LogP) is 10.6. The van der Waals surface area contributed by atoms with Crippen LogP contribution in [0.5, 0.6) is 0 Å². The van der Waals surface area contributed by atoms with E-state index in [0.29, 0.717) is 12.1 Å². The van der Waals surface area contributed by atoms with Crippen LogP contribution in [0.2, 0.25) is 0 Å². The summed E-state index contributed by atoms with van der Waals surface area (Å²) in [6, 6.07) is 30.3. The van der Waals surface area contributed by atoms with Gasteiger partial charge in [-0.2, -0.15) is 4.72 Å². The number of aryl methyl sites for hydroxylation is 1. The average molecular weight is 840 g/mol. The number of hydrogen-bond donors (Lipinski definition) is 3. The van der Waals surface area contributed by atoms with Gasteiger partial charge in [-0.25, -0.2) is 8.42 Å². The smallest absolute Gasteiger partial charge is 0.242 e. The summed E-state index contributed by atoms with van der Waals surface area (Å²) < 4.78 is 43.0. The van der Waals surface area contributed by atoms with Crippen molar-refractivity contribution in [2.45, 2.75) is 147 Å². The summed E-state index contributed by atoms with van der Waals surface area (Å²) in [6.45, 7) is 9.34. The van der Waals surface area contributed by atoms with Crippen molar-refractivity contribution >= 4 is 21.6 Å². The first-order valence-corrected chi connectivity index (χ1v) is 23.9. The highest BCUT2D eigenvalue weighted by atomic mass is 32.2. The molecule has 4 aromatic carbocycles. The minimum Gasteiger partial charge on any atom is -0.392 e. The molecular formula is C50H69N3O6S. The molecule has 0 saturated carbocycles. The van der Waals surface area contributed by atoms with Crippen LogP contribution in [0.15, 0.2) is 108 Å². The van der Waals surface area contributed by atoms with Crippen LogP contribution in [0.3, 0.4) is 0 Å². The van der Waals surface area contributed by atoms with Crippen LogP contribution in [0, 0.1) is 6.92 Å². The number of benzene rings is 4. The zero-order valence-electron chi connectivity index (χ0n) is 36.2. The summed E-state index contributed by atoms with van der Waals surface area (Å²) in [6.07, 6.45) is 15.2. The number of aliphatic hydroxyl groups is 1. The number of amides is 1. The molecule has 0 aliphatic carbocycles. The van der Waals surface area contributed by atoms with Crippen molar-refractivity contribution in [1.82, 2.24) is 9.62 Å². The molecule has 4 atom stereocenters. The third-order valence-corrected chi connectivity index (χ3v) is 12.9. The van der Waals surface area contributed by atoms with Crippen molar-refractivity contribution in [3.63, 3.8) is 0 Å². The number of aliphatic hydroxyl groups excluding tert-OH is 1. The van der Waals surface area contributed by atoms with Crippen LogP contribution in [0.25, 0.3) is 0 Å². The molecule has 1 aliphatic rings. The van der Waals surface area contributed by atoms with Crippen molar-refractivity contribution < 1.29 is 27.8 Å². The maximum atomic E-state index is 13.8. The van der Waals surface area contributed by atoms with Gasteiger partial charge in [0, 0.05) is 24.2 Å². The van der Waals surface area contributed by atoms with Crippen molar-refractivity contribution in [3.8, 4) is 0 Å². The summed E-state index contributed by atoms with van der Waals surface area (Å²) in [5, 5.41) is 12.7. The van der Waals surface area contributed by atoms with Crippen molar-refractivity contribution in [2.75, 3.05) is 25.0 Å². The molecule has 0 aromatic heterocycles. The Hall–Kier alpha value is -3.90. The van der Waals surface area contributed by atoms with Gasteiger partial charge in [0.1, 0.15) is 6.04 Å². The SMILES string of the molecule is CCCCCCCCN(CCCCCCCC)C[C@H]1C[C@@H](c2ccc(CO)cc2)O[C@@H](c2ccc(NC(=O)[C@@H](Cc3ccccc3)NS(=O)(=O)c3ccc(C)cc3)cc2)O1. The first-order chi connectivity index (χ1) is 29.2. The number of unbranched alkanes of at least 4 members (excludes halogenated alkanes) is 10. The number of sulfonamides is 1. The molecule has 1 heterocycles. The fourth-order valence-corrected chi connectivity index (χ4v) is 9.01. The van der Waals surface area contributed by atoms with E-state index in [4.69, 9.17) is 9.47 Å². The molecule has 0 radical (unpaired) electrons. The molecule has 1 aliphatic heterocycles. The van der Waals surface area contributed by atoms with Crippen LogP contribution < -0.4 is 10.0 Å². The molecule has 9 nitrogen and oxygen atoms in total. The quantitative estimate of drug-likeness (QED) is 0.0539. The number of anilines is 1. The second-order valence-electron chi connectivity index (χ2n) is 16.5. The molecule has 1 amide bonds. The molecule has 5 rings (SSSR count). The Labute approximate surface area is 360 Å². The van der Waals surface area contributed by atoms with Gasteiger partial charge < -0.3 is 24.8 Å². The van der Waals surface area contributed by atoms with Gasteiger partial charge >= 0.3 is 0 Å². The second kappa shape index (κ2) is 25.1. The first kappa shape index (κ1) is 47.2. The third kappa shape index (κ3) is 15.5. The highest BCUT2D eigenvalue weighted by molar-refractivity contribution is 7.89. The van der Waals surface area contributed by atoms with Gasteiger partial charge in [0.25, 0.3) is 0 Å². The van der Waals surface area contributed by atoms with Gasteiger partial charge in [0.15, 0.2) is 6.29 Å². The molecule has 1 saturated heterocycles. The Kier molecular flexibility index (Phi) is 19.8. The van der Waals surface area contributed by atoms with Gasteiger partial charge in [-0.15, -0.1) is 0 Å². The standard InChI is InChI=1S/C50H69N3O6S/c1-4-6-8-10-12-17-33-53(34-18-13-11-9-7-5-2)37-45-36-48(42-25-23-41(38-54)24-26-42)59-50(58-45)43-27-29-44(30-28-43)51-49(55)47(35-40-19-15-14-16-20-40)52-60(56,57)46-31-21-39(3)22-32-46/h14-16,19-32,45,47-48,50,52,54H,4-13,17-18,33-38H2,1-3H3,(H,51,55)/t45-,47-,48+,50+/m1/s1. The molecule has 3 N–H and O–H groups in total. The Bertz CT molecular complexity index is 1910. The van der Waals surface area contributed by atoms with E-state index >= 15 is 0 Å². The Morgan fingerprint density at radius 1 is 0.717 bits per heavy atom. The van der Waals surface area contributed by atoms with Crippen LogP contribution in [0.1, 0.15) is 138 Å². The van der Waals surface area contributed by atoms with Gasteiger partial charge in [0.05, 0.1) is 23.7 Å². The fourth-order valence-electron chi connectivity index (χ4n) is 7.81. The Morgan fingerprint density at radius 2 is 1.30 bits per heavy atom. The molecular weight excluding hydrogens is 771 g/mol. The van der Waals surface area contributed by atoms with Gasteiger partial charge in [-0.05, 0) is 80.2 Å². The molecule has 1 fully saturated rings. The number of carbonyl (C=O) groups excluding carboxylic acids is 1. The van der Waals surface area contributed by atoms with Crippen molar-refractivity contribution in [3.05, 3.63) is 131 Å². The molecule has 0 spiro atoms. The molecule has 60 heavy (non-hydrogen) atoms. The van der Waals surface area contributed by atoms with Crippen LogP contribution in [-0.4, -0.2) is 56.1 Å². The predicted molar refractivity (Wildman–Crippen MR) is 242 cm³/mol. The lowest BCUT2D eigenvalue weighted by molar-refractivity contribution is -0.253. The number of ether oxygens (including phenoxy) is 2. The molecule has 10 heteroatoms. The largest absolute Gasteiger partial charge is 0.392 e. The minimum absolute atomic E-state index is 0.0134. The summed E-state index contributed by atoms with van der Waals surface area (Å²) in [5.41, 5.74) is 5.04. The van der Waals surface area contributed by atoms with Gasteiger partial charge in [-0.3, -0.25) is 4.79 Å². The van der Waals surface area contributed by atoms with Crippen LogP contribution in [-0.2, 0) is 37.3 Å². The zero-order chi connectivity index (χ0) is 42.6. The molecule has 326 valence electrons. The number of carbonyl (C=O) groups is 1. The zero-order valence-corrected chi connectivity index (χ0v) is 37.0. The lowest BCUT2D eigenvalue weighted by Gasteiger charge is -2.38. The monoisotopic (exact) mass is 839 g/mol. The van der Waals surface area contributed by atoms with E-state index in [1.54, 1.807) is 24.3 Å². The van der Waals surface area contributed by atoms with Crippen molar-refractivity contribution in [1.29, 1.82) is 0 Å². The van der Waals surface area contributed by atoms with Gasteiger partial charge in [-0.1, -0.05) is 162 Å². The fraction of sp³-hybridized carbons (Fsp3) is 0.500. The maximum absolute atomic E-state index is 13.8. The lowest BCUT2D eigenvalue weighted by atomic mass is 9.99. The Balaban J connectivity index is 1.30. The molecule has 0 unspecified atom stereocenters. The molecule has 4 aromatic rings. The summed E-state index contributed by atoms with van der Waals surface area (Å²) >= 11 is 0. The number of hydrogen-bond acceptors (Lipinski definition) is 7.